The van der Waals surface area contributed by atoms with Crippen molar-refractivity contribution in [3.8, 4) is 0 Å². The first kappa shape index (κ1) is 8.74. The van der Waals surface area contributed by atoms with Crippen LogP contribution in [0.25, 0.3) is 0 Å². The van der Waals surface area contributed by atoms with E-state index in [1.807, 2.05) is 6.92 Å². The quantitative estimate of drug-likeness (QED) is 0.554. The number of Topliss-reactive ketones (excluding diaryl/α,β-unsaturated/α-hetero) is 1. The second-order valence-electron chi connectivity index (χ2n) is 4.24. The Kier molecular flexibility index (Phi) is 2.10. The number of hydrogen-bond acceptors (Lipinski definition) is 1. The first-order valence-electron chi connectivity index (χ1n) is 5.09. The van der Waals surface area contributed by atoms with Gasteiger partial charge in [0.15, 0.2) is 5.78 Å². The zero-order valence-corrected chi connectivity index (χ0v) is 8.39. The number of hydrogen-bond donors (Lipinski definition) is 0. The third-order valence-electron chi connectivity index (χ3n) is 3.39. The molecule has 0 aromatic heterocycles. The van der Waals surface area contributed by atoms with Crippen LogP contribution in [0, 0.1) is 5.92 Å². The average Bonchev–Trinajstić information content (AvgIpc) is 2.47. The van der Waals surface area contributed by atoms with Gasteiger partial charge < -0.3 is 0 Å². The van der Waals surface area contributed by atoms with Gasteiger partial charge in [-0.3, -0.25) is 4.79 Å². The third-order valence-corrected chi connectivity index (χ3v) is 3.39. The van der Waals surface area contributed by atoms with Crippen LogP contribution in [0.3, 0.4) is 0 Å². The van der Waals surface area contributed by atoms with Crippen LogP contribution in [0.5, 0.6) is 0 Å². The van der Waals surface area contributed by atoms with Crippen molar-refractivity contribution in [2.24, 2.45) is 5.92 Å². The Morgan fingerprint density at radius 1 is 1.38 bits per heavy atom. The molecule has 2 rings (SSSR count). The molecule has 0 aliphatic heterocycles. The van der Waals surface area contributed by atoms with Gasteiger partial charge >= 0.3 is 0 Å². The number of ketones is 1. The Balaban J connectivity index is 2.37. The molecule has 0 amide bonds. The molecule has 1 nitrogen and oxygen atoms in total. The molecule has 0 radical (unpaired) electrons. The smallest absolute Gasteiger partial charge is 0.159 e. The van der Waals surface area contributed by atoms with Gasteiger partial charge in [-0.15, -0.1) is 0 Å². The first-order chi connectivity index (χ1) is 6.18. The van der Waals surface area contributed by atoms with Crippen LogP contribution in [-0.4, -0.2) is 5.78 Å². The number of fused-ring (bicyclic) bond motifs is 1. The Hall–Kier alpha value is -0.850. The summed E-state index contributed by atoms with van der Waals surface area (Å²) in [6.45, 7) is 4.01. The average molecular weight is 176 g/mol. The molecule has 1 atom stereocenters. The maximum atomic E-state index is 11.7. The van der Waals surface area contributed by atoms with E-state index in [2.05, 4.69) is 13.0 Å². The Bertz CT molecular complexity index is 307. The molecule has 1 heteroatoms. The lowest BCUT2D eigenvalue weighted by molar-refractivity contribution is -0.116. The number of carbonyl (C=O) groups is 1. The summed E-state index contributed by atoms with van der Waals surface area (Å²) in [5.41, 5.74) is 3.68. The van der Waals surface area contributed by atoms with E-state index in [9.17, 15) is 4.79 Å². The summed E-state index contributed by atoms with van der Waals surface area (Å²) in [5.74, 6) is 0.926. The molecule has 2 aliphatic carbocycles. The van der Waals surface area contributed by atoms with Crippen molar-refractivity contribution >= 4 is 5.78 Å². The first-order valence-corrected chi connectivity index (χ1v) is 5.09. The summed E-state index contributed by atoms with van der Waals surface area (Å²) < 4.78 is 0. The molecule has 13 heavy (non-hydrogen) atoms. The molecule has 0 bridgehead atoms. The minimum atomic E-state index is 0.357. The molecule has 1 fully saturated rings. The molecule has 0 heterocycles. The van der Waals surface area contributed by atoms with E-state index < -0.39 is 0 Å². The fourth-order valence-electron chi connectivity index (χ4n) is 2.35. The van der Waals surface area contributed by atoms with E-state index in [0.717, 1.165) is 12.0 Å². The van der Waals surface area contributed by atoms with Crippen molar-refractivity contribution in [2.75, 3.05) is 0 Å². The van der Waals surface area contributed by atoms with E-state index in [1.165, 1.54) is 30.4 Å². The van der Waals surface area contributed by atoms with E-state index in [1.54, 1.807) is 0 Å². The Morgan fingerprint density at radius 3 is 2.92 bits per heavy atom. The van der Waals surface area contributed by atoms with Gasteiger partial charge in [-0.2, -0.15) is 0 Å². The van der Waals surface area contributed by atoms with Crippen LogP contribution >= 0.6 is 0 Å². The summed E-state index contributed by atoms with van der Waals surface area (Å²) in [6, 6.07) is 0. The molecule has 0 unspecified atom stereocenters. The van der Waals surface area contributed by atoms with E-state index in [4.69, 9.17) is 0 Å². The fourth-order valence-corrected chi connectivity index (χ4v) is 2.35. The van der Waals surface area contributed by atoms with Gasteiger partial charge in [0, 0.05) is 6.42 Å². The van der Waals surface area contributed by atoms with Crippen molar-refractivity contribution in [3.05, 3.63) is 22.8 Å². The van der Waals surface area contributed by atoms with E-state index >= 15 is 0 Å². The van der Waals surface area contributed by atoms with Gasteiger partial charge in [0.25, 0.3) is 0 Å². The molecule has 2 aliphatic rings. The predicted molar refractivity (Wildman–Crippen MR) is 53.4 cm³/mol. The number of rotatable bonds is 0. The highest BCUT2D eigenvalue weighted by Gasteiger charge is 2.26. The van der Waals surface area contributed by atoms with Gasteiger partial charge in [0.2, 0.25) is 0 Å². The molecule has 1 saturated carbocycles. The highest BCUT2D eigenvalue weighted by molar-refractivity contribution is 5.96. The minimum Gasteiger partial charge on any atom is -0.295 e. The second-order valence-corrected chi connectivity index (χ2v) is 4.24. The predicted octanol–water partition coefficient (Wildman–Crippen LogP) is 3.02. The Morgan fingerprint density at radius 2 is 2.15 bits per heavy atom. The SMILES string of the molecule is CC1=C(C)C(=O)C[C@H]2CCCC2=C1. The maximum absolute atomic E-state index is 11.7. The van der Waals surface area contributed by atoms with Crippen molar-refractivity contribution in [1.29, 1.82) is 0 Å². The molecule has 0 spiro atoms. The molecular formula is C12H16O. The van der Waals surface area contributed by atoms with Gasteiger partial charge in [-0.1, -0.05) is 11.6 Å². The van der Waals surface area contributed by atoms with Crippen LogP contribution in [0.4, 0.5) is 0 Å². The monoisotopic (exact) mass is 176 g/mol. The van der Waals surface area contributed by atoms with Crippen LogP contribution in [0.2, 0.25) is 0 Å². The molecule has 0 N–H and O–H groups in total. The van der Waals surface area contributed by atoms with E-state index in [0.29, 0.717) is 11.7 Å². The molecule has 0 aromatic rings. The highest BCUT2D eigenvalue weighted by Crippen LogP contribution is 2.37. The third kappa shape index (κ3) is 1.48. The van der Waals surface area contributed by atoms with Crippen molar-refractivity contribution in [2.45, 2.75) is 39.5 Å². The van der Waals surface area contributed by atoms with E-state index in [-0.39, 0.29) is 0 Å². The lowest BCUT2D eigenvalue weighted by atomic mass is 9.97. The molecule has 0 saturated heterocycles. The lowest BCUT2D eigenvalue weighted by Gasteiger charge is -2.07. The Labute approximate surface area is 79.5 Å². The number of allylic oxidation sites excluding steroid dienone is 4. The topological polar surface area (TPSA) is 17.1 Å². The minimum absolute atomic E-state index is 0.357. The van der Waals surface area contributed by atoms with Crippen LogP contribution in [0.1, 0.15) is 39.5 Å². The summed E-state index contributed by atoms with van der Waals surface area (Å²) in [7, 11) is 0. The zero-order chi connectivity index (χ0) is 9.42. The van der Waals surface area contributed by atoms with Crippen LogP contribution in [-0.2, 0) is 4.79 Å². The molecule has 70 valence electrons. The highest BCUT2D eigenvalue weighted by atomic mass is 16.1. The molecule has 0 aromatic carbocycles. The van der Waals surface area contributed by atoms with Gasteiger partial charge in [0.05, 0.1) is 0 Å². The number of carbonyl (C=O) groups excluding carboxylic acids is 1. The van der Waals surface area contributed by atoms with Crippen molar-refractivity contribution < 1.29 is 4.79 Å². The fraction of sp³-hybridized carbons (Fsp3) is 0.583. The summed E-state index contributed by atoms with van der Waals surface area (Å²) in [5, 5.41) is 0. The summed E-state index contributed by atoms with van der Waals surface area (Å²) in [4.78, 5) is 11.7. The van der Waals surface area contributed by atoms with Gasteiger partial charge in [-0.25, -0.2) is 0 Å². The van der Waals surface area contributed by atoms with Crippen LogP contribution in [0.15, 0.2) is 22.8 Å². The maximum Gasteiger partial charge on any atom is 0.159 e. The largest absolute Gasteiger partial charge is 0.295 e. The van der Waals surface area contributed by atoms with Crippen molar-refractivity contribution in [3.63, 3.8) is 0 Å². The van der Waals surface area contributed by atoms with Gasteiger partial charge in [0.1, 0.15) is 0 Å². The second kappa shape index (κ2) is 3.13. The van der Waals surface area contributed by atoms with Crippen LogP contribution < -0.4 is 0 Å². The lowest BCUT2D eigenvalue weighted by Crippen LogP contribution is -2.05. The van der Waals surface area contributed by atoms with Crippen molar-refractivity contribution in [1.82, 2.24) is 0 Å². The van der Waals surface area contributed by atoms with Gasteiger partial charge in [-0.05, 0) is 50.2 Å². The summed E-state index contributed by atoms with van der Waals surface area (Å²) in [6.07, 6.45) is 6.71. The molecular weight excluding hydrogens is 160 g/mol. The summed E-state index contributed by atoms with van der Waals surface area (Å²) >= 11 is 0. The zero-order valence-electron chi connectivity index (χ0n) is 8.39. The normalized spacial score (nSPS) is 28.6. The standard InChI is InChI=1S/C12H16O/c1-8-6-10-4-3-5-11(10)7-12(13)9(8)2/h6,11H,3-5,7H2,1-2H3/t11-/m1/s1.